The van der Waals surface area contributed by atoms with Crippen molar-refractivity contribution < 1.29 is 13.2 Å². The van der Waals surface area contributed by atoms with Gasteiger partial charge in [0.05, 0.1) is 12.3 Å². The fraction of sp³-hybridized carbons (Fsp3) is 0.316. The fourth-order valence-corrected chi connectivity index (χ4v) is 3.80. The number of rotatable bonds is 4. The molecule has 1 amide bonds. The Balaban J connectivity index is 1.84. The second kappa shape index (κ2) is 6.88. The second-order valence-electron chi connectivity index (χ2n) is 6.52. The van der Waals surface area contributed by atoms with E-state index in [2.05, 4.69) is 29.0 Å². The third-order valence-corrected chi connectivity index (χ3v) is 5.00. The maximum atomic E-state index is 13.0. The van der Waals surface area contributed by atoms with Gasteiger partial charge in [0.25, 0.3) is 5.91 Å². The zero-order valence-corrected chi connectivity index (χ0v) is 15.2. The molecule has 1 fully saturated rings. The second-order valence-corrected chi connectivity index (χ2v) is 8.27. The Kier molecular flexibility index (Phi) is 4.81. The van der Waals surface area contributed by atoms with Crippen LogP contribution in [0.15, 0.2) is 48.5 Å². The molecule has 3 rings (SSSR count). The summed E-state index contributed by atoms with van der Waals surface area (Å²) in [6, 6.07) is 15.0. The van der Waals surface area contributed by atoms with E-state index in [4.69, 9.17) is 0 Å². The molecule has 0 aromatic heterocycles. The molecular formula is C19H22N2O3S. The van der Waals surface area contributed by atoms with Gasteiger partial charge in [-0.25, -0.2) is 8.42 Å². The highest BCUT2D eigenvalue weighted by Crippen LogP contribution is 2.33. The van der Waals surface area contributed by atoms with Crippen molar-refractivity contribution in [2.45, 2.75) is 25.8 Å². The van der Waals surface area contributed by atoms with Gasteiger partial charge in [-0.1, -0.05) is 35.9 Å². The third kappa shape index (κ3) is 4.20. The molecule has 1 unspecified atom stereocenters. The van der Waals surface area contributed by atoms with E-state index >= 15 is 0 Å². The lowest BCUT2D eigenvalue weighted by Crippen LogP contribution is -2.30. The minimum Gasteiger partial charge on any atom is -0.332 e. The maximum Gasteiger partial charge on any atom is 0.254 e. The van der Waals surface area contributed by atoms with Crippen LogP contribution < -0.4 is 4.72 Å². The topological polar surface area (TPSA) is 66.5 Å². The van der Waals surface area contributed by atoms with Crippen molar-refractivity contribution in [2.24, 2.45) is 0 Å². The van der Waals surface area contributed by atoms with E-state index in [1.165, 1.54) is 5.56 Å². The van der Waals surface area contributed by atoms with Crippen LogP contribution in [0.1, 0.15) is 40.4 Å². The van der Waals surface area contributed by atoms with Crippen molar-refractivity contribution >= 4 is 21.6 Å². The van der Waals surface area contributed by atoms with Crippen LogP contribution in [0.3, 0.4) is 0 Å². The molecule has 1 aliphatic rings. The monoisotopic (exact) mass is 358 g/mol. The predicted molar refractivity (Wildman–Crippen MR) is 99.1 cm³/mol. The van der Waals surface area contributed by atoms with Crippen molar-refractivity contribution in [3.05, 3.63) is 65.2 Å². The Labute approximate surface area is 148 Å². The summed E-state index contributed by atoms with van der Waals surface area (Å²) in [5.74, 6) is -0.0692. The van der Waals surface area contributed by atoms with E-state index in [1.807, 2.05) is 11.8 Å². The molecule has 2 aromatic carbocycles. The molecule has 0 saturated carbocycles. The molecule has 25 heavy (non-hydrogen) atoms. The molecule has 132 valence electrons. The van der Waals surface area contributed by atoms with Crippen molar-refractivity contribution in [3.63, 3.8) is 0 Å². The van der Waals surface area contributed by atoms with E-state index in [0.29, 0.717) is 17.8 Å². The van der Waals surface area contributed by atoms with E-state index in [-0.39, 0.29) is 11.9 Å². The van der Waals surface area contributed by atoms with Gasteiger partial charge in [0, 0.05) is 17.8 Å². The number of benzene rings is 2. The summed E-state index contributed by atoms with van der Waals surface area (Å²) >= 11 is 0. The fourth-order valence-electron chi connectivity index (χ4n) is 3.24. The van der Waals surface area contributed by atoms with Crippen LogP contribution in [0, 0.1) is 6.92 Å². The Hall–Kier alpha value is -2.34. The summed E-state index contributed by atoms with van der Waals surface area (Å²) in [6.07, 6.45) is 3.00. The number of nitrogens with zero attached hydrogens (tertiary/aromatic N) is 1. The number of aryl methyl sites for hydroxylation is 1. The van der Waals surface area contributed by atoms with Gasteiger partial charge in [-0.15, -0.1) is 0 Å². The highest BCUT2D eigenvalue weighted by molar-refractivity contribution is 7.92. The van der Waals surface area contributed by atoms with Crippen LogP contribution in [-0.4, -0.2) is 32.0 Å². The summed E-state index contributed by atoms with van der Waals surface area (Å²) < 4.78 is 25.2. The maximum absolute atomic E-state index is 13.0. The van der Waals surface area contributed by atoms with Gasteiger partial charge in [-0.05, 0) is 43.5 Å². The normalized spacial score (nSPS) is 17.5. The zero-order chi connectivity index (χ0) is 18.0. The summed E-state index contributed by atoms with van der Waals surface area (Å²) in [5.41, 5.74) is 3.23. The van der Waals surface area contributed by atoms with Gasteiger partial charge in [0.1, 0.15) is 0 Å². The molecule has 0 radical (unpaired) electrons. The van der Waals surface area contributed by atoms with Crippen LogP contribution >= 0.6 is 0 Å². The molecule has 1 N–H and O–H groups in total. The molecule has 1 aliphatic heterocycles. The molecule has 1 heterocycles. The molecular weight excluding hydrogens is 336 g/mol. The minimum absolute atomic E-state index is 0.0691. The van der Waals surface area contributed by atoms with Gasteiger partial charge in [-0.2, -0.15) is 0 Å². The number of hydrogen-bond acceptors (Lipinski definition) is 3. The number of amides is 1. The third-order valence-electron chi connectivity index (χ3n) is 4.39. The molecule has 0 bridgehead atoms. The van der Waals surface area contributed by atoms with Crippen molar-refractivity contribution in [1.29, 1.82) is 0 Å². The standard InChI is InChI=1S/C19H22N2O3S/c1-14-8-10-15(11-9-14)18-7-4-12-21(18)19(22)16-5-3-6-17(13-16)20-25(2,23)24/h3,5-6,8-11,13,18,20H,4,7,12H2,1-2H3. The number of carbonyl (C=O) groups is 1. The lowest BCUT2D eigenvalue weighted by Gasteiger charge is -2.25. The first-order chi connectivity index (χ1) is 11.8. The highest BCUT2D eigenvalue weighted by Gasteiger charge is 2.30. The summed E-state index contributed by atoms with van der Waals surface area (Å²) in [7, 11) is -3.37. The van der Waals surface area contributed by atoms with Crippen molar-refractivity contribution in [3.8, 4) is 0 Å². The number of hydrogen-bond donors (Lipinski definition) is 1. The van der Waals surface area contributed by atoms with Crippen molar-refractivity contribution in [1.82, 2.24) is 4.90 Å². The molecule has 0 aliphatic carbocycles. The molecule has 1 saturated heterocycles. The Morgan fingerprint density at radius 1 is 1.16 bits per heavy atom. The van der Waals surface area contributed by atoms with Crippen molar-refractivity contribution in [2.75, 3.05) is 17.5 Å². The predicted octanol–water partition coefficient (Wildman–Crippen LogP) is 3.34. The van der Waals surface area contributed by atoms with Gasteiger partial charge in [0.15, 0.2) is 0 Å². The van der Waals surface area contributed by atoms with Crippen LogP contribution in [0.4, 0.5) is 5.69 Å². The highest BCUT2D eigenvalue weighted by atomic mass is 32.2. The van der Waals surface area contributed by atoms with Gasteiger partial charge in [0.2, 0.25) is 10.0 Å². The summed E-state index contributed by atoms with van der Waals surface area (Å²) in [4.78, 5) is 14.8. The number of sulfonamides is 1. The Morgan fingerprint density at radius 2 is 1.88 bits per heavy atom. The van der Waals surface area contributed by atoms with Crippen LogP contribution in [0.2, 0.25) is 0 Å². The van der Waals surface area contributed by atoms with Crippen LogP contribution in [0.5, 0.6) is 0 Å². The summed E-state index contributed by atoms with van der Waals surface area (Å²) in [6.45, 7) is 2.75. The summed E-state index contributed by atoms with van der Waals surface area (Å²) in [5, 5.41) is 0. The lowest BCUT2D eigenvalue weighted by atomic mass is 10.0. The smallest absolute Gasteiger partial charge is 0.254 e. The Morgan fingerprint density at radius 3 is 2.56 bits per heavy atom. The number of anilines is 1. The molecule has 6 heteroatoms. The molecule has 2 aromatic rings. The first kappa shape index (κ1) is 17.5. The number of nitrogens with one attached hydrogen (secondary N) is 1. The Bertz CT molecular complexity index is 876. The molecule has 1 atom stereocenters. The van der Waals surface area contributed by atoms with Crippen LogP contribution in [-0.2, 0) is 10.0 Å². The first-order valence-corrected chi connectivity index (χ1v) is 10.2. The van der Waals surface area contributed by atoms with Crippen LogP contribution in [0.25, 0.3) is 0 Å². The minimum atomic E-state index is -3.37. The largest absolute Gasteiger partial charge is 0.332 e. The average molecular weight is 358 g/mol. The zero-order valence-electron chi connectivity index (χ0n) is 14.4. The number of likely N-dealkylation sites (tertiary alicyclic amines) is 1. The van der Waals surface area contributed by atoms with E-state index in [0.717, 1.165) is 24.7 Å². The quantitative estimate of drug-likeness (QED) is 0.911. The van der Waals surface area contributed by atoms with Gasteiger partial charge >= 0.3 is 0 Å². The SMILES string of the molecule is Cc1ccc(C2CCCN2C(=O)c2cccc(NS(C)(=O)=O)c2)cc1. The molecule has 5 nitrogen and oxygen atoms in total. The van der Waals surface area contributed by atoms with Gasteiger partial charge in [-0.3, -0.25) is 9.52 Å². The average Bonchev–Trinajstić information content (AvgIpc) is 3.03. The van der Waals surface area contributed by atoms with E-state index in [9.17, 15) is 13.2 Å². The van der Waals surface area contributed by atoms with Gasteiger partial charge < -0.3 is 4.90 Å². The molecule has 0 spiro atoms. The number of carbonyl (C=O) groups excluding carboxylic acids is 1. The first-order valence-electron chi connectivity index (χ1n) is 8.29. The lowest BCUT2D eigenvalue weighted by molar-refractivity contribution is 0.0735. The van der Waals surface area contributed by atoms with E-state index < -0.39 is 10.0 Å². The van der Waals surface area contributed by atoms with E-state index in [1.54, 1.807) is 24.3 Å².